The van der Waals surface area contributed by atoms with E-state index in [4.69, 9.17) is 16.3 Å². The van der Waals surface area contributed by atoms with Gasteiger partial charge in [-0.25, -0.2) is 9.97 Å². The molecule has 1 heterocycles. The molecule has 5 heteroatoms. The molecule has 0 radical (unpaired) electrons. The van der Waals surface area contributed by atoms with Crippen molar-refractivity contribution in [3.8, 4) is 0 Å². The number of halogens is 1. The normalized spacial score (nSPS) is 12.9. The summed E-state index contributed by atoms with van der Waals surface area (Å²) >= 11 is 5.93. The summed E-state index contributed by atoms with van der Waals surface area (Å²) in [7, 11) is 1.67. The Hall–Kier alpha value is -0.870. The first kappa shape index (κ1) is 13.2. The quantitative estimate of drug-likeness (QED) is 0.808. The van der Waals surface area contributed by atoms with Crippen LogP contribution >= 0.6 is 11.6 Å². The summed E-state index contributed by atoms with van der Waals surface area (Å²) in [4.78, 5) is 8.56. The Kier molecular flexibility index (Phi) is 4.96. The minimum Gasteiger partial charge on any atom is -0.383 e. The maximum atomic E-state index is 5.93. The number of nitrogens with one attached hydrogen (secondary N) is 1. The third-order valence-corrected chi connectivity index (χ3v) is 2.23. The Labute approximate surface area is 101 Å². The van der Waals surface area contributed by atoms with E-state index in [1.54, 1.807) is 13.2 Å². The van der Waals surface area contributed by atoms with Gasteiger partial charge in [0.1, 0.15) is 16.8 Å². The summed E-state index contributed by atoms with van der Waals surface area (Å²) in [5.74, 6) is 1.75. The van der Waals surface area contributed by atoms with Gasteiger partial charge in [0.25, 0.3) is 0 Å². The molecule has 1 N–H and O–H groups in total. The molecule has 0 aliphatic carbocycles. The van der Waals surface area contributed by atoms with E-state index in [0.29, 0.717) is 11.8 Å². The molecule has 1 atom stereocenters. The molecule has 90 valence electrons. The number of aromatic nitrogens is 2. The fourth-order valence-electron chi connectivity index (χ4n) is 1.31. The molecule has 0 amide bonds. The number of nitrogens with zero attached hydrogens (tertiary/aromatic N) is 2. The second kappa shape index (κ2) is 6.01. The number of ether oxygens (including phenoxy) is 1. The summed E-state index contributed by atoms with van der Waals surface area (Å²) in [6, 6.07) is 1.91. The van der Waals surface area contributed by atoms with Crippen LogP contribution in [0.1, 0.15) is 32.5 Å². The Morgan fingerprint density at radius 1 is 1.38 bits per heavy atom. The minimum atomic E-state index is 0.191. The van der Waals surface area contributed by atoms with Crippen LogP contribution < -0.4 is 5.32 Å². The Balaban J connectivity index is 2.80. The van der Waals surface area contributed by atoms with E-state index in [9.17, 15) is 0 Å². The summed E-state index contributed by atoms with van der Waals surface area (Å²) in [5, 5.41) is 3.68. The SMILES string of the molecule is COCC(C)Nc1cc(Cl)nc(C(C)C)n1. The predicted octanol–water partition coefficient (Wildman–Crippen LogP) is 2.70. The maximum absolute atomic E-state index is 5.93. The van der Waals surface area contributed by atoms with Crippen LogP contribution in [0.15, 0.2) is 6.07 Å². The van der Waals surface area contributed by atoms with Crippen LogP contribution in [0.4, 0.5) is 5.82 Å². The standard InChI is InChI=1S/C11H18ClN3O/c1-7(2)11-14-9(12)5-10(15-11)13-8(3)6-16-4/h5,7-8H,6H2,1-4H3,(H,13,14,15). The topological polar surface area (TPSA) is 47.0 Å². The lowest BCUT2D eigenvalue weighted by Crippen LogP contribution is -2.22. The number of hydrogen-bond acceptors (Lipinski definition) is 4. The van der Waals surface area contributed by atoms with Crippen LogP contribution in [0.25, 0.3) is 0 Å². The zero-order valence-electron chi connectivity index (χ0n) is 10.1. The molecule has 4 nitrogen and oxygen atoms in total. The van der Waals surface area contributed by atoms with Crippen LogP contribution in [0.5, 0.6) is 0 Å². The van der Waals surface area contributed by atoms with Crippen molar-refractivity contribution in [3.05, 3.63) is 17.0 Å². The molecule has 1 aromatic heterocycles. The van der Waals surface area contributed by atoms with Crippen LogP contribution in [0.3, 0.4) is 0 Å². The highest BCUT2D eigenvalue weighted by molar-refractivity contribution is 6.29. The van der Waals surface area contributed by atoms with Gasteiger partial charge in [0.2, 0.25) is 0 Å². The first-order valence-electron chi connectivity index (χ1n) is 5.33. The molecule has 0 aliphatic heterocycles. The monoisotopic (exact) mass is 243 g/mol. The largest absolute Gasteiger partial charge is 0.383 e. The van der Waals surface area contributed by atoms with Gasteiger partial charge in [-0.15, -0.1) is 0 Å². The van der Waals surface area contributed by atoms with Gasteiger partial charge < -0.3 is 10.1 Å². The predicted molar refractivity (Wildman–Crippen MR) is 66.1 cm³/mol. The highest BCUT2D eigenvalue weighted by Crippen LogP contribution is 2.17. The van der Waals surface area contributed by atoms with E-state index in [0.717, 1.165) is 11.6 Å². The van der Waals surface area contributed by atoms with Crippen molar-refractivity contribution in [2.75, 3.05) is 19.0 Å². The highest BCUT2D eigenvalue weighted by Gasteiger charge is 2.08. The van der Waals surface area contributed by atoms with Gasteiger partial charge in [0, 0.05) is 25.1 Å². The van der Waals surface area contributed by atoms with E-state index in [1.165, 1.54) is 0 Å². The number of methoxy groups -OCH3 is 1. The third-order valence-electron chi connectivity index (χ3n) is 2.04. The van der Waals surface area contributed by atoms with E-state index in [1.807, 2.05) is 20.8 Å². The first-order chi connectivity index (χ1) is 7.52. The summed E-state index contributed by atoms with van der Waals surface area (Å²) in [6.07, 6.45) is 0. The average molecular weight is 244 g/mol. The summed E-state index contributed by atoms with van der Waals surface area (Å²) in [6.45, 7) is 6.72. The molecule has 0 aliphatic rings. The van der Waals surface area contributed by atoms with Crippen molar-refractivity contribution in [1.29, 1.82) is 0 Å². The molecule has 16 heavy (non-hydrogen) atoms. The lowest BCUT2D eigenvalue weighted by atomic mass is 10.2. The van der Waals surface area contributed by atoms with Crippen LogP contribution in [0.2, 0.25) is 5.15 Å². The third kappa shape index (κ3) is 3.94. The van der Waals surface area contributed by atoms with Crippen LogP contribution in [0, 0.1) is 0 Å². The van der Waals surface area contributed by atoms with Crippen LogP contribution in [-0.2, 0) is 4.74 Å². The molecule has 1 rings (SSSR count). The van der Waals surface area contributed by atoms with Crippen molar-refractivity contribution in [2.24, 2.45) is 0 Å². The lowest BCUT2D eigenvalue weighted by Gasteiger charge is -2.14. The van der Waals surface area contributed by atoms with Gasteiger partial charge in [0.05, 0.1) is 6.61 Å². The van der Waals surface area contributed by atoms with Crippen molar-refractivity contribution in [1.82, 2.24) is 9.97 Å². The molecule has 1 aromatic rings. The highest BCUT2D eigenvalue weighted by atomic mass is 35.5. The van der Waals surface area contributed by atoms with Gasteiger partial charge in [-0.05, 0) is 6.92 Å². The van der Waals surface area contributed by atoms with Gasteiger partial charge in [-0.1, -0.05) is 25.4 Å². The molecule has 0 saturated carbocycles. The van der Waals surface area contributed by atoms with Crippen molar-refractivity contribution in [2.45, 2.75) is 32.7 Å². The minimum absolute atomic E-state index is 0.191. The fraction of sp³-hybridized carbons (Fsp3) is 0.636. The van der Waals surface area contributed by atoms with Gasteiger partial charge in [-0.2, -0.15) is 0 Å². The van der Waals surface area contributed by atoms with Gasteiger partial charge >= 0.3 is 0 Å². The Morgan fingerprint density at radius 2 is 2.06 bits per heavy atom. The fourth-order valence-corrected chi connectivity index (χ4v) is 1.50. The van der Waals surface area contributed by atoms with E-state index in [2.05, 4.69) is 15.3 Å². The summed E-state index contributed by atoms with van der Waals surface area (Å²) < 4.78 is 5.04. The van der Waals surface area contributed by atoms with Crippen molar-refractivity contribution >= 4 is 17.4 Å². The van der Waals surface area contributed by atoms with E-state index >= 15 is 0 Å². The second-order valence-electron chi connectivity index (χ2n) is 4.09. The maximum Gasteiger partial charge on any atom is 0.135 e. The molecule has 0 spiro atoms. The first-order valence-corrected chi connectivity index (χ1v) is 5.70. The molecule has 0 fully saturated rings. The van der Waals surface area contributed by atoms with Crippen LogP contribution in [-0.4, -0.2) is 29.7 Å². The van der Waals surface area contributed by atoms with Gasteiger partial charge in [-0.3, -0.25) is 0 Å². The Morgan fingerprint density at radius 3 is 2.62 bits per heavy atom. The number of hydrogen-bond donors (Lipinski definition) is 1. The second-order valence-corrected chi connectivity index (χ2v) is 4.48. The molecule has 0 bridgehead atoms. The average Bonchev–Trinajstić information content (AvgIpc) is 2.16. The molecular formula is C11H18ClN3O. The zero-order valence-corrected chi connectivity index (χ0v) is 10.9. The summed E-state index contributed by atoms with van der Waals surface area (Å²) in [5.41, 5.74) is 0. The molecule has 1 unspecified atom stereocenters. The van der Waals surface area contributed by atoms with E-state index in [-0.39, 0.29) is 12.0 Å². The Bertz CT molecular complexity index is 344. The molecule has 0 aromatic carbocycles. The van der Waals surface area contributed by atoms with E-state index < -0.39 is 0 Å². The number of anilines is 1. The van der Waals surface area contributed by atoms with Gasteiger partial charge in [0.15, 0.2) is 0 Å². The van der Waals surface area contributed by atoms with Crippen molar-refractivity contribution in [3.63, 3.8) is 0 Å². The molecular weight excluding hydrogens is 226 g/mol. The smallest absolute Gasteiger partial charge is 0.135 e. The molecule has 0 saturated heterocycles. The lowest BCUT2D eigenvalue weighted by molar-refractivity contribution is 0.190. The zero-order chi connectivity index (χ0) is 12.1. The van der Waals surface area contributed by atoms with Crippen molar-refractivity contribution < 1.29 is 4.74 Å². The number of rotatable bonds is 5.